The number of fused-ring (bicyclic) bond motifs is 1. The van der Waals surface area contributed by atoms with Crippen LogP contribution in [0.1, 0.15) is 11.3 Å². The van der Waals surface area contributed by atoms with Crippen LogP contribution >= 0.6 is 0 Å². The van der Waals surface area contributed by atoms with Gasteiger partial charge in [0.25, 0.3) is 0 Å². The molecule has 1 fully saturated rings. The molecule has 1 aromatic carbocycles. The first kappa shape index (κ1) is 16.1. The minimum Gasteiger partial charge on any atom is -0.399 e. The van der Waals surface area contributed by atoms with Crippen LogP contribution in [0.2, 0.25) is 0 Å². The topological polar surface area (TPSA) is 49.8 Å². The molecule has 0 amide bonds. The first-order chi connectivity index (χ1) is 12.1. The minimum absolute atomic E-state index is 0.774. The van der Waals surface area contributed by atoms with Gasteiger partial charge in [0.15, 0.2) is 0 Å². The first-order valence-electron chi connectivity index (χ1n) is 8.84. The zero-order chi connectivity index (χ0) is 17.4. The maximum atomic E-state index is 6.01. The summed E-state index contributed by atoms with van der Waals surface area (Å²) < 4.78 is 2.24. The number of hydrogen-bond donors (Lipinski definition) is 1. The SMILES string of the molecule is Cc1ccc2nc(-c3cccc(N)c3)c(CN3CCN(C)CC3)n2c1. The highest BCUT2D eigenvalue weighted by molar-refractivity contribution is 5.69. The number of anilines is 1. The maximum Gasteiger partial charge on any atom is 0.137 e. The molecule has 25 heavy (non-hydrogen) atoms. The lowest BCUT2D eigenvalue weighted by atomic mass is 10.1. The molecule has 1 aliphatic heterocycles. The maximum absolute atomic E-state index is 6.01. The highest BCUT2D eigenvalue weighted by Gasteiger charge is 2.20. The second-order valence-electron chi connectivity index (χ2n) is 7.05. The highest BCUT2D eigenvalue weighted by Crippen LogP contribution is 2.27. The van der Waals surface area contributed by atoms with Gasteiger partial charge in [0, 0.05) is 50.2 Å². The molecule has 3 heterocycles. The Hall–Kier alpha value is -2.37. The van der Waals surface area contributed by atoms with Crippen LogP contribution in [-0.4, -0.2) is 52.4 Å². The number of nitrogens with two attached hydrogens (primary N) is 1. The summed E-state index contributed by atoms with van der Waals surface area (Å²) in [4.78, 5) is 9.81. The third-order valence-corrected chi connectivity index (χ3v) is 4.99. The van der Waals surface area contributed by atoms with Crippen molar-refractivity contribution >= 4 is 11.3 Å². The summed E-state index contributed by atoms with van der Waals surface area (Å²) in [5, 5.41) is 0. The van der Waals surface area contributed by atoms with Gasteiger partial charge < -0.3 is 15.0 Å². The van der Waals surface area contributed by atoms with Gasteiger partial charge in [0.05, 0.1) is 11.4 Å². The number of aryl methyl sites for hydroxylation is 1. The molecule has 0 saturated carbocycles. The van der Waals surface area contributed by atoms with Crippen LogP contribution in [0, 0.1) is 6.92 Å². The van der Waals surface area contributed by atoms with E-state index in [1.165, 1.54) is 11.3 Å². The summed E-state index contributed by atoms with van der Waals surface area (Å²) in [6, 6.07) is 12.2. The molecular weight excluding hydrogens is 310 g/mol. The normalized spacial score (nSPS) is 16.6. The van der Waals surface area contributed by atoms with E-state index in [-0.39, 0.29) is 0 Å². The van der Waals surface area contributed by atoms with Gasteiger partial charge in [-0.3, -0.25) is 4.90 Å². The Morgan fingerprint density at radius 1 is 1.08 bits per heavy atom. The molecule has 5 heteroatoms. The average molecular weight is 335 g/mol. The number of likely N-dealkylation sites (N-methyl/N-ethyl adjacent to an activating group) is 1. The molecule has 0 radical (unpaired) electrons. The zero-order valence-corrected chi connectivity index (χ0v) is 14.9. The van der Waals surface area contributed by atoms with Crippen molar-refractivity contribution in [2.75, 3.05) is 39.0 Å². The molecule has 0 atom stereocenters. The Labute approximate surface area is 148 Å². The number of hydrogen-bond acceptors (Lipinski definition) is 4. The van der Waals surface area contributed by atoms with Gasteiger partial charge in [-0.1, -0.05) is 18.2 Å². The van der Waals surface area contributed by atoms with Crippen molar-refractivity contribution < 1.29 is 0 Å². The van der Waals surface area contributed by atoms with Crippen LogP contribution in [0.15, 0.2) is 42.6 Å². The fourth-order valence-corrected chi connectivity index (χ4v) is 3.49. The number of nitrogen functional groups attached to an aromatic ring is 1. The summed E-state index contributed by atoms with van der Waals surface area (Å²) in [5.74, 6) is 0. The van der Waals surface area contributed by atoms with Crippen LogP contribution in [0.4, 0.5) is 5.69 Å². The fourth-order valence-electron chi connectivity index (χ4n) is 3.49. The zero-order valence-electron chi connectivity index (χ0n) is 14.9. The van der Waals surface area contributed by atoms with Crippen molar-refractivity contribution in [3.8, 4) is 11.3 Å². The molecule has 1 aliphatic rings. The van der Waals surface area contributed by atoms with Crippen LogP contribution in [-0.2, 0) is 6.54 Å². The van der Waals surface area contributed by atoms with E-state index in [1.807, 2.05) is 18.2 Å². The number of imidazole rings is 1. The van der Waals surface area contributed by atoms with E-state index in [2.05, 4.69) is 52.6 Å². The summed E-state index contributed by atoms with van der Waals surface area (Å²) in [6.45, 7) is 7.44. The van der Waals surface area contributed by atoms with E-state index < -0.39 is 0 Å². The van der Waals surface area contributed by atoms with Gasteiger partial charge in [-0.2, -0.15) is 0 Å². The Morgan fingerprint density at radius 2 is 1.88 bits per heavy atom. The van der Waals surface area contributed by atoms with Crippen molar-refractivity contribution in [1.82, 2.24) is 19.2 Å². The average Bonchev–Trinajstić information content (AvgIpc) is 2.95. The van der Waals surface area contributed by atoms with Crippen LogP contribution in [0.25, 0.3) is 16.9 Å². The molecule has 4 rings (SSSR count). The van der Waals surface area contributed by atoms with Gasteiger partial charge in [-0.05, 0) is 37.7 Å². The van der Waals surface area contributed by atoms with E-state index in [9.17, 15) is 0 Å². The molecule has 3 aromatic rings. The van der Waals surface area contributed by atoms with Gasteiger partial charge in [0.1, 0.15) is 5.65 Å². The molecule has 2 N–H and O–H groups in total. The van der Waals surface area contributed by atoms with Gasteiger partial charge >= 0.3 is 0 Å². The van der Waals surface area contributed by atoms with Crippen molar-refractivity contribution in [2.45, 2.75) is 13.5 Å². The number of pyridine rings is 1. The van der Waals surface area contributed by atoms with Gasteiger partial charge in [-0.25, -0.2) is 4.98 Å². The molecule has 2 aromatic heterocycles. The van der Waals surface area contributed by atoms with Crippen LogP contribution in [0.5, 0.6) is 0 Å². The smallest absolute Gasteiger partial charge is 0.137 e. The number of piperazine rings is 1. The molecule has 1 saturated heterocycles. The largest absolute Gasteiger partial charge is 0.399 e. The fraction of sp³-hybridized carbons (Fsp3) is 0.350. The standard InChI is InChI=1S/C20H25N5/c1-15-6-7-19-22-20(16-4-3-5-17(21)12-16)18(25(19)13-15)14-24-10-8-23(2)9-11-24/h3-7,12-13H,8-11,14,21H2,1-2H3. The van der Waals surface area contributed by atoms with E-state index in [4.69, 9.17) is 10.7 Å². The van der Waals surface area contributed by atoms with Gasteiger partial charge in [-0.15, -0.1) is 0 Å². The lowest BCUT2D eigenvalue weighted by Gasteiger charge is -2.32. The monoisotopic (exact) mass is 335 g/mol. The Kier molecular flexibility index (Phi) is 4.19. The lowest BCUT2D eigenvalue weighted by molar-refractivity contribution is 0.147. The third-order valence-electron chi connectivity index (χ3n) is 4.99. The predicted molar refractivity (Wildman–Crippen MR) is 103 cm³/mol. The number of rotatable bonds is 3. The Bertz CT molecular complexity index is 890. The molecule has 0 bridgehead atoms. The molecule has 130 valence electrons. The third kappa shape index (κ3) is 3.25. The summed E-state index contributed by atoms with van der Waals surface area (Å²) in [7, 11) is 2.19. The molecular formula is C20H25N5. The van der Waals surface area contributed by atoms with E-state index in [1.54, 1.807) is 0 Å². The van der Waals surface area contributed by atoms with Crippen molar-refractivity contribution in [3.63, 3.8) is 0 Å². The van der Waals surface area contributed by atoms with E-state index >= 15 is 0 Å². The summed E-state index contributed by atoms with van der Waals surface area (Å²) >= 11 is 0. The quantitative estimate of drug-likeness (QED) is 0.748. The molecule has 5 nitrogen and oxygen atoms in total. The summed E-state index contributed by atoms with van der Waals surface area (Å²) in [6.07, 6.45) is 2.18. The second kappa shape index (κ2) is 6.50. The van der Waals surface area contributed by atoms with E-state index in [0.29, 0.717) is 0 Å². The van der Waals surface area contributed by atoms with Crippen molar-refractivity contribution in [3.05, 3.63) is 53.9 Å². The first-order valence-corrected chi connectivity index (χ1v) is 8.84. The number of nitrogens with zero attached hydrogens (tertiary/aromatic N) is 4. The number of benzene rings is 1. The molecule has 0 aliphatic carbocycles. The predicted octanol–water partition coefficient (Wildman–Crippen LogP) is 2.64. The van der Waals surface area contributed by atoms with Gasteiger partial charge in [0.2, 0.25) is 0 Å². The van der Waals surface area contributed by atoms with E-state index in [0.717, 1.165) is 55.3 Å². The summed E-state index contributed by atoms with van der Waals surface area (Å²) in [5.41, 5.74) is 12.4. The lowest BCUT2D eigenvalue weighted by Crippen LogP contribution is -2.44. The Balaban J connectivity index is 1.79. The minimum atomic E-state index is 0.774. The highest BCUT2D eigenvalue weighted by atomic mass is 15.3. The second-order valence-corrected chi connectivity index (χ2v) is 7.05. The molecule has 0 unspecified atom stereocenters. The Morgan fingerprint density at radius 3 is 2.64 bits per heavy atom. The van der Waals surface area contributed by atoms with Crippen molar-refractivity contribution in [1.29, 1.82) is 0 Å². The van der Waals surface area contributed by atoms with Crippen LogP contribution in [0.3, 0.4) is 0 Å². The molecule has 0 spiro atoms. The van der Waals surface area contributed by atoms with Crippen molar-refractivity contribution in [2.24, 2.45) is 0 Å². The van der Waals surface area contributed by atoms with Crippen LogP contribution < -0.4 is 5.73 Å². The number of aromatic nitrogens is 2.